The lowest BCUT2D eigenvalue weighted by atomic mass is 10.5. The van der Waals surface area contributed by atoms with Crippen LogP contribution < -0.4 is 5.73 Å². The van der Waals surface area contributed by atoms with E-state index < -0.39 is 11.9 Å². The van der Waals surface area contributed by atoms with Crippen LogP contribution in [0.25, 0.3) is 0 Å². The molecule has 1 heterocycles. The molecule has 0 aliphatic heterocycles. The Kier molecular flexibility index (Phi) is 2.62. The fraction of sp³-hybridized carbons (Fsp3) is 0. The summed E-state index contributed by atoms with van der Waals surface area (Å²) in [7, 11) is 0. The smallest absolute Gasteiger partial charge is 0.355 e. The minimum atomic E-state index is -1.12. The van der Waals surface area contributed by atoms with Crippen molar-refractivity contribution in [3.05, 3.63) is 16.1 Å². The molecule has 0 spiro atoms. The largest absolute Gasteiger partial charge is 0.476 e. The second kappa shape index (κ2) is 3.69. The Morgan fingerprint density at radius 1 is 1.62 bits per heavy atom. The lowest BCUT2D eigenvalue weighted by Crippen LogP contribution is -2.06. The Balaban J connectivity index is 2.89. The van der Waals surface area contributed by atoms with Crippen LogP contribution in [0.4, 0.5) is 0 Å². The maximum Gasteiger partial charge on any atom is 0.355 e. The maximum absolute atomic E-state index is 10.4. The molecule has 0 atom stereocenters. The van der Waals surface area contributed by atoms with Crippen LogP contribution in [0.3, 0.4) is 0 Å². The van der Waals surface area contributed by atoms with E-state index in [0.717, 1.165) is 11.3 Å². The molecule has 0 fully saturated rings. The average molecular weight is 196 g/mol. The molecule has 1 rings (SSSR count). The van der Waals surface area contributed by atoms with Gasteiger partial charge in [-0.05, 0) is 5.92 Å². The van der Waals surface area contributed by atoms with Gasteiger partial charge in [0, 0.05) is 11.3 Å². The summed E-state index contributed by atoms with van der Waals surface area (Å²) in [6.07, 6.45) is 0. The van der Waals surface area contributed by atoms with E-state index in [1.807, 2.05) is 0 Å². The van der Waals surface area contributed by atoms with Crippen molar-refractivity contribution in [2.24, 2.45) is 5.73 Å². The van der Waals surface area contributed by atoms with E-state index in [0.29, 0.717) is 0 Å². The van der Waals surface area contributed by atoms with Gasteiger partial charge in [0.15, 0.2) is 10.7 Å². The molecular weight excluding hydrogens is 192 g/mol. The second-order valence-corrected chi connectivity index (χ2v) is 2.82. The van der Waals surface area contributed by atoms with Crippen molar-refractivity contribution in [1.82, 2.24) is 4.98 Å². The average Bonchev–Trinajstić information content (AvgIpc) is 2.48. The third-order valence-electron chi connectivity index (χ3n) is 1.02. The number of carbonyl (C=O) groups is 2. The summed E-state index contributed by atoms with van der Waals surface area (Å²) in [5.74, 6) is 2.50. The third-order valence-corrected chi connectivity index (χ3v) is 1.77. The van der Waals surface area contributed by atoms with Crippen LogP contribution >= 0.6 is 11.3 Å². The van der Waals surface area contributed by atoms with Crippen molar-refractivity contribution in [3.63, 3.8) is 0 Å². The molecule has 3 N–H and O–H groups in total. The number of hydrogen-bond donors (Lipinski definition) is 2. The maximum atomic E-state index is 10.4. The van der Waals surface area contributed by atoms with Crippen molar-refractivity contribution >= 4 is 23.2 Å². The Bertz CT molecular complexity index is 413. The molecule has 66 valence electrons. The van der Waals surface area contributed by atoms with Crippen molar-refractivity contribution in [2.75, 3.05) is 0 Å². The fourth-order valence-corrected chi connectivity index (χ4v) is 1.18. The molecule has 1 aromatic rings. The first-order valence-electron chi connectivity index (χ1n) is 3.10. The van der Waals surface area contributed by atoms with Gasteiger partial charge in [-0.25, -0.2) is 9.78 Å². The molecule has 0 saturated carbocycles. The highest BCUT2D eigenvalue weighted by molar-refractivity contribution is 7.10. The molecular formula is C7H4N2O3S. The predicted molar refractivity (Wildman–Crippen MR) is 45.1 cm³/mol. The van der Waals surface area contributed by atoms with Crippen LogP contribution in [0.1, 0.15) is 15.5 Å². The van der Waals surface area contributed by atoms with Gasteiger partial charge in [0.2, 0.25) is 0 Å². The van der Waals surface area contributed by atoms with Gasteiger partial charge >= 0.3 is 5.97 Å². The zero-order valence-electron chi connectivity index (χ0n) is 6.27. The van der Waals surface area contributed by atoms with E-state index in [1.54, 1.807) is 0 Å². The first kappa shape index (κ1) is 9.22. The Labute approximate surface area is 77.2 Å². The summed E-state index contributed by atoms with van der Waals surface area (Å²) < 4.78 is 0. The highest BCUT2D eigenvalue weighted by Crippen LogP contribution is 2.07. The Morgan fingerprint density at radius 3 is 2.77 bits per heavy atom. The van der Waals surface area contributed by atoms with Crippen molar-refractivity contribution in [2.45, 2.75) is 0 Å². The van der Waals surface area contributed by atoms with Crippen molar-refractivity contribution in [3.8, 4) is 11.8 Å². The number of carboxylic acid groups (broad SMARTS) is 1. The number of nitrogens with zero attached hydrogens (tertiary/aromatic N) is 1. The molecule has 0 aromatic carbocycles. The van der Waals surface area contributed by atoms with E-state index in [-0.39, 0.29) is 10.7 Å². The first-order chi connectivity index (χ1) is 6.09. The molecule has 1 aromatic heterocycles. The number of thiazole rings is 1. The Morgan fingerprint density at radius 2 is 2.31 bits per heavy atom. The number of amides is 1. The number of rotatable bonds is 1. The molecule has 0 bridgehead atoms. The highest BCUT2D eigenvalue weighted by atomic mass is 32.1. The van der Waals surface area contributed by atoms with Crippen LogP contribution in [-0.2, 0) is 4.79 Å². The minimum Gasteiger partial charge on any atom is -0.476 e. The number of primary amides is 1. The quantitative estimate of drug-likeness (QED) is 0.602. The molecule has 0 aliphatic carbocycles. The lowest BCUT2D eigenvalue weighted by molar-refractivity contribution is -0.112. The fourth-order valence-electron chi connectivity index (χ4n) is 0.544. The summed E-state index contributed by atoms with van der Waals surface area (Å²) in [6.45, 7) is 0. The lowest BCUT2D eigenvalue weighted by Gasteiger charge is -1.79. The van der Waals surface area contributed by atoms with Crippen LogP contribution in [-0.4, -0.2) is 22.0 Å². The Hall–Kier alpha value is -1.87. The summed E-state index contributed by atoms with van der Waals surface area (Å²) in [6, 6.07) is 0. The van der Waals surface area contributed by atoms with Crippen molar-refractivity contribution < 1.29 is 14.7 Å². The van der Waals surface area contributed by atoms with E-state index in [4.69, 9.17) is 10.8 Å². The van der Waals surface area contributed by atoms with E-state index in [1.165, 1.54) is 5.38 Å². The van der Waals surface area contributed by atoms with Gasteiger partial charge in [0.05, 0.1) is 0 Å². The molecule has 13 heavy (non-hydrogen) atoms. The topological polar surface area (TPSA) is 93.3 Å². The first-order valence-corrected chi connectivity index (χ1v) is 3.98. The molecule has 0 unspecified atom stereocenters. The number of nitrogens with two attached hydrogens (primary N) is 1. The molecule has 0 radical (unpaired) electrons. The summed E-state index contributed by atoms with van der Waals surface area (Å²) >= 11 is 1.05. The van der Waals surface area contributed by atoms with Gasteiger partial charge in [-0.3, -0.25) is 4.79 Å². The van der Waals surface area contributed by atoms with Gasteiger partial charge < -0.3 is 10.8 Å². The van der Waals surface area contributed by atoms with Crippen LogP contribution in [0.5, 0.6) is 0 Å². The summed E-state index contributed by atoms with van der Waals surface area (Å²) in [5.41, 5.74) is 4.67. The molecule has 0 saturated heterocycles. The standard InChI is InChI=1S/C7H4N2O3S/c8-5(10)1-2-6-9-4(3-13-6)7(11)12/h3H,(H2,8,10)(H,11,12). The van der Waals surface area contributed by atoms with Crippen molar-refractivity contribution in [1.29, 1.82) is 0 Å². The van der Waals surface area contributed by atoms with Gasteiger partial charge in [0.1, 0.15) is 0 Å². The molecule has 5 nitrogen and oxygen atoms in total. The molecule has 6 heteroatoms. The van der Waals surface area contributed by atoms with Gasteiger partial charge in [-0.15, -0.1) is 11.3 Å². The van der Waals surface area contributed by atoms with E-state index in [9.17, 15) is 9.59 Å². The van der Waals surface area contributed by atoms with Gasteiger partial charge in [-0.2, -0.15) is 0 Å². The molecule has 1 amide bonds. The van der Waals surface area contributed by atoms with E-state index >= 15 is 0 Å². The third kappa shape index (κ3) is 2.57. The number of carbonyl (C=O) groups excluding carboxylic acids is 1. The molecule has 0 aliphatic rings. The summed E-state index contributed by atoms with van der Waals surface area (Å²) in [4.78, 5) is 24.2. The number of aromatic carboxylic acids is 1. The second-order valence-electron chi connectivity index (χ2n) is 1.96. The predicted octanol–water partition coefficient (Wildman–Crippen LogP) is -0.322. The number of aromatic nitrogens is 1. The van der Waals surface area contributed by atoms with Crippen LogP contribution in [0.15, 0.2) is 5.38 Å². The zero-order valence-corrected chi connectivity index (χ0v) is 7.09. The highest BCUT2D eigenvalue weighted by Gasteiger charge is 2.06. The summed E-state index contributed by atoms with van der Waals surface area (Å²) in [5, 5.41) is 10.1. The van der Waals surface area contributed by atoms with Crippen LogP contribution in [0.2, 0.25) is 0 Å². The van der Waals surface area contributed by atoms with E-state index in [2.05, 4.69) is 16.8 Å². The normalized spacial score (nSPS) is 8.62. The SMILES string of the molecule is NC(=O)C#Cc1nc(C(=O)O)cs1. The zero-order chi connectivity index (χ0) is 9.84. The minimum absolute atomic E-state index is 0.0845. The van der Waals surface area contributed by atoms with Crippen LogP contribution in [0, 0.1) is 11.8 Å². The van der Waals surface area contributed by atoms with Gasteiger partial charge in [-0.1, -0.05) is 0 Å². The van der Waals surface area contributed by atoms with Gasteiger partial charge in [0.25, 0.3) is 5.91 Å². The monoisotopic (exact) mass is 196 g/mol. The number of carboxylic acids is 1. The number of hydrogen-bond acceptors (Lipinski definition) is 4.